The zero-order chi connectivity index (χ0) is 11.7. The van der Waals surface area contributed by atoms with Crippen LogP contribution in [0.15, 0.2) is 31.0 Å². The van der Waals surface area contributed by atoms with Gasteiger partial charge in [0, 0.05) is 6.20 Å². The molecule has 0 spiro atoms. The summed E-state index contributed by atoms with van der Waals surface area (Å²) in [6.07, 6.45) is 1.77. The fourth-order valence-electron chi connectivity index (χ4n) is 1.45. The minimum atomic E-state index is -1.08. The molecule has 2 heterocycles. The molecule has 0 aliphatic heterocycles. The van der Waals surface area contributed by atoms with Crippen molar-refractivity contribution in [3.05, 3.63) is 42.4 Å². The van der Waals surface area contributed by atoms with E-state index in [2.05, 4.69) is 11.6 Å². The maximum Gasteiger partial charge on any atom is 0.354 e. The zero-order valence-corrected chi connectivity index (χ0v) is 8.67. The third-order valence-electron chi connectivity index (χ3n) is 2.25. The molecule has 0 saturated carbocycles. The quantitative estimate of drug-likeness (QED) is 0.795. The second-order valence-electron chi connectivity index (χ2n) is 3.20. The number of hydrogen-bond acceptors (Lipinski definition) is 3. The van der Waals surface area contributed by atoms with E-state index < -0.39 is 5.97 Å². The molecule has 2 aromatic rings. The molecule has 16 heavy (non-hydrogen) atoms. The number of hydrogen-bond donors (Lipinski definition) is 1. The summed E-state index contributed by atoms with van der Waals surface area (Å²) in [6.45, 7) is 3.71. The third kappa shape index (κ3) is 1.52. The van der Waals surface area contributed by atoms with E-state index >= 15 is 0 Å². The number of methoxy groups -OCH3 is 1. The molecule has 82 valence electrons. The van der Waals surface area contributed by atoms with Gasteiger partial charge < -0.3 is 9.84 Å². The van der Waals surface area contributed by atoms with Crippen molar-refractivity contribution in [3.8, 4) is 0 Å². The molecule has 2 aromatic heterocycles. The first kappa shape index (κ1) is 10.2. The first-order valence-electron chi connectivity index (χ1n) is 4.58. The van der Waals surface area contributed by atoms with E-state index in [9.17, 15) is 4.79 Å². The Balaban J connectivity index is 2.73. The van der Waals surface area contributed by atoms with Crippen LogP contribution in [0.25, 0.3) is 11.4 Å². The van der Waals surface area contributed by atoms with Crippen molar-refractivity contribution in [2.75, 3.05) is 7.11 Å². The first-order valence-corrected chi connectivity index (χ1v) is 4.58. The molecule has 5 nitrogen and oxygen atoms in total. The molecule has 0 bridgehead atoms. The molecule has 0 atom stereocenters. The predicted octanol–water partition coefficient (Wildman–Crippen LogP) is 1.65. The first-order chi connectivity index (χ1) is 7.63. The average Bonchev–Trinajstić information content (AvgIpc) is 2.74. The van der Waals surface area contributed by atoms with Gasteiger partial charge >= 0.3 is 5.97 Å². The van der Waals surface area contributed by atoms with Crippen LogP contribution in [0.2, 0.25) is 0 Å². The largest absolute Gasteiger partial charge is 0.495 e. The lowest BCUT2D eigenvalue weighted by atomic mass is 10.3. The van der Waals surface area contributed by atoms with Crippen LogP contribution in [-0.2, 0) is 4.74 Å². The van der Waals surface area contributed by atoms with E-state index in [1.54, 1.807) is 22.7 Å². The summed E-state index contributed by atoms with van der Waals surface area (Å²) in [5.74, 6) is -0.681. The Labute approximate surface area is 91.6 Å². The van der Waals surface area contributed by atoms with Gasteiger partial charge in [-0.25, -0.2) is 9.78 Å². The predicted molar refractivity (Wildman–Crippen MR) is 58.2 cm³/mol. The van der Waals surface area contributed by atoms with Gasteiger partial charge in [-0.3, -0.25) is 4.40 Å². The molecule has 0 aliphatic rings. The third-order valence-corrected chi connectivity index (χ3v) is 2.25. The number of ether oxygens (including phenoxy) is 1. The highest BCUT2D eigenvalue weighted by Gasteiger charge is 2.12. The lowest BCUT2D eigenvalue weighted by Gasteiger charge is -2.08. The summed E-state index contributed by atoms with van der Waals surface area (Å²) in [5.41, 5.74) is 1.10. The monoisotopic (exact) mass is 218 g/mol. The molecule has 0 radical (unpaired) electrons. The van der Waals surface area contributed by atoms with Gasteiger partial charge in [0.05, 0.1) is 12.8 Å². The van der Waals surface area contributed by atoms with Gasteiger partial charge in [-0.1, -0.05) is 6.58 Å². The fraction of sp³-hybridized carbons (Fsp3) is 0.0909. The summed E-state index contributed by atoms with van der Waals surface area (Å²) in [7, 11) is 1.48. The van der Waals surface area contributed by atoms with Crippen molar-refractivity contribution >= 4 is 17.4 Å². The average molecular weight is 218 g/mol. The van der Waals surface area contributed by atoms with Gasteiger partial charge in [0.15, 0.2) is 5.69 Å². The maximum atomic E-state index is 10.9. The van der Waals surface area contributed by atoms with Crippen molar-refractivity contribution in [1.82, 2.24) is 9.38 Å². The Morgan fingerprint density at radius 1 is 1.62 bits per heavy atom. The number of rotatable bonds is 3. The number of aromatic nitrogens is 2. The van der Waals surface area contributed by atoms with Crippen LogP contribution in [0.4, 0.5) is 0 Å². The molecule has 2 rings (SSSR count). The Morgan fingerprint density at radius 2 is 2.38 bits per heavy atom. The zero-order valence-electron chi connectivity index (χ0n) is 8.67. The molecule has 0 saturated heterocycles. The van der Waals surface area contributed by atoms with E-state index in [1.165, 1.54) is 13.2 Å². The number of aromatic carboxylic acids is 1. The molecule has 5 heteroatoms. The highest BCUT2D eigenvalue weighted by atomic mass is 16.5. The standard InChI is InChI=1S/C11H10N2O3/c1-7(16-2)9-6-8(11(14)15)12-10-4-3-5-13(9)10/h3-6H,1H2,2H3,(H,14,15). The lowest BCUT2D eigenvalue weighted by molar-refractivity contribution is 0.0690. The van der Waals surface area contributed by atoms with E-state index in [-0.39, 0.29) is 5.69 Å². The Morgan fingerprint density at radius 3 is 3.00 bits per heavy atom. The van der Waals surface area contributed by atoms with Gasteiger partial charge in [0.1, 0.15) is 11.4 Å². The molecule has 0 fully saturated rings. The summed E-state index contributed by atoms with van der Waals surface area (Å²) in [5, 5.41) is 8.92. The van der Waals surface area contributed by atoms with Gasteiger partial charge in [-0.2, -0.15) is 0 Å². The molecule has 0 amide bonds. The molecular formula is C11H10N2O3. The summed E-state index contributed by atoms with van der Waals surface area (Å²) < 4.78 is 6.73. The highest BCUT2D eigenvalue weighted by Crippen LogP contribution is 2.16. The maximum absolute atomic E-state index is 10.9. The minimum Gasteiger partial charge on any atom is -0.495 e. The summed E-state index contributed by atoms with van der Waals surface area (Å²) in [6, 6.07) is 4.93. The Hall–Kier alpha value is -2.30. The summed E-state index contributed by atoms with van der Waals surface area (Å²) in [4.78, 5) is 14.9. The van der Waals surface area contributed by atoms with Gasteiger partial charge in [-0.15, -0.1) is 0 Å². The van der Waals surface area contributed by atoms with Crippen molar-refractivity contribution in [2.45, 2.75) is 0 Å². The number of nitrogens with zero attached hydrogens (tertiary/aromatic N) is 2. The van der Waals surface area contributed by atoms with Crippen LogP contribution >= 0.6 is 0 Å². The topological polar surface area (TPSA) is 63.8 Å². The van der Waals surface area contributed by atoms with Crippen molar-refractivity contribution in [2.24, 2.45) is 0 Å². The number of carboxylic acid groups (broad SMARTS) is 1. The molecule has 0 aliphatic carbocycles. The van der Waals surface area contributed by atoms with Crippen molar-refractivity contribution < 1.29 is 14.6 Å². The Kier molecular flexibility index (Phi) is 2.36. The summed E-state index contributed by atoms with van der Waals surface area (Å²) >= 11 is 0. The fourth-order valence-corrected chi connectivity index (χ4v) is 1.45. The van der Waals surface area contributed by atoms with Gasteiger partial charge in [0.25, 0.3) is 0 Å². The minimum absolute atomic E-state index is 0.0283. The van der Waals surface area contributed by atoms with Crippen LogP contribution in [0.5, 0.6) is 0 Å². The smallest absolute Gasteiger partial charge is 0.354 e. The van der Waals surface area contributed by atoms with Crippen LogP contribution in [0, 0.1) is 0 Å². The molecule has 1 N–H and O–H groups in total. The van der Waals surface area contributed by atoms with Gasteiger partial charge in [0.2, 0.25) is 0 Å². The second kappa shape index (κ2) is 3.69. The van der Waals surface area contributed by atoms with Crippen molar-refractivity contribution in [3.63, 3.8) is 0 Å². The molecular weight excluding hydrogens is 208 g/mol. The molecule has 0 unspecified atom stereocenters. The van der Waals surface area contributed by atoms with E-state index in [0.717, 1.165) is 0 Å². The van der Waals surface area contributed by atoms with Crippen LogP contribution in [-0.4, -0.2) is 27.6 Å². The van der Waals surface area contributed by atoms with E-state index in [4.69, 9.17) is 9.84 Å². The van der Waals surface area contributed by atoms with E-state index in [0.29, 0.717) is 17.1 Å². The number of carboxylic acids is 1. The van der Waals surface area contributed by atoms with Crippen LogP contribution in [0.3, 0.4) is 0 Å². The number of fused-ring (bicyclic) bond motifs is 1. The lowest BCUT2D eigenvalue weighted by Crippen LogP contribution is -2.06. The van der Waals surface area contributed by atoms with E-state index in [1.807, 2.05) is 0 Å². The SMILES string of the molecule is C=C(OC)c1cc(C(=O)O)nc2cccn12. The Bertz CT molecular complexity index is 572. The van der Waals surface area contributed by atoms with Crippen LogP contribution < -0.4 is 0 Å². The second-order valence-corrected chi connectivity index (χ2v) is 3.20. The highest BCUT2D eigenvalue weighted by molar-refractivity contribution is 5.87. The number of carbonyl (C=O) groups is 1. The van der Waals surface area contributed by atoms with Crippen LogP contribution in [0.1, 0.15) is 16.2 Å². The normalized spacial score (nSPS) is 10.3. The van der Waals surface area contributed by atoms with Crippen molar-refractivity contribution in [1.29, 1.82) is 0 Å². The van der Waals surface area contributed by atoms with Gasteiger partial charge in [-0.05, 0) is 18.2 Å². The molecule has 0 aromatic carbocycles.